The molecular weight excluding hydrogens is 380 g/mol. The molecule has 0 aromatic heterocycles. The lowest BCUT2D eigenvalue weighted by atomic mass is 9.73. The van der Waals surface area contributed by atoms with E-state index in [1.165, 1.54) is 38.6 Å². The van der Waals surface area contributed by atoms with E-state index in [1.807, 2.05) is 7.05 Å². The van der Waals surface area contributed by atoms with E-state index in [0.717, 1.165) is 84.4 Å². The van der Waals surface area contributed by atoms with E-state index in [2.05, 4.69) is 20.1 Å². The summed E-state index contributed by atoms with van der Waals surface area (Å²) < 4.78 is 16.7. The van der Waals surface area contributed by atoms with Gasteiger partial charge in [-0.1, -0.05) is 19.3 Å². The standard InChI is InChI=1S/C23H44N4O3/c1-24-22(27-11-7-21(8-12-27)30-16-6-15-28-2)25-19-23(9-4-3-5-10-23)20-26-13-17-29-18-14-26/h21H,3-20H2,1-2H3,(H,24,25). The maximum atomic E-state index is 6.02. The number of nitrogens with zero attached hydrogens (tertiary/aromatic N) is 3. The normalized spacial score (nSPS) is 24.2. The van der Waals surface area contributed by atoms with E-state index < -0.39 is 0 Å². The van der Waals surface area contributed by atoms with Crippen LogP contribution in [0, 0.1) is 5.41 Å². The Morgan fingerprint density at radius 3 is 2.47 bits per heavy atom. The van der Waals surface area contributed by atoms with Crippen LogP contribution in [0.3, 0.4) is 0 Å². The van der Waals surface area contributed by atoms with Gasteiger partial charge in [-0.25, -0.2) is 0 Å². The average Bonchev–Trinajstić information content (AvgIpc) is 2.79. The number of methoxy groups -OCH3 is 1. The summed E-state index contributed by atoms with van der Waals surface area (Å²) in [5.41, 5.74) is 0.369. The Bertz CT molecular complexity index is 497. The molecule has 0 aromatic carbocycles. The van der Waals surface area contributed by atoms with Gasteiger partial charge in [-0.05, 0) is 32.1 Å². The number of guanidine groups is 1. The van der Waals surface area contributed by atoms with Crippen molar-refractivity contribution in [2.45, 2.75) is 57.5 Å². The lowest BCUT2D eigenvalue weighted by Gasteiger charge is -2.43. The van der Waals surface area contributed by atoms with Crippen molar-refractivity contribution in [3.05, 3.63) is 0 Å². The molecule has 2 saturated heterocycles. The van der Waals surface area contributed by atoms with Gasteiger partial charge in [0.05, 0.1) is 19.3 Å². The number of aliphatic imine (C=N–C) groups is 1. The first-order valence-electron chi connectivity index (χ1n) is 12.1. The summed E-state index contributed by atoms with van der Waals surface area (Å²) in [5, 5.41) is 3.77. The summed E-state index contributed by atoms with van der Waals surface area (Å²) in [6.45, 7) is 9.76. The highest BCUT2D eigenvalue weighted by Crippen LogP contribution is 2.37. The third-order valence-electron chi connectivity index (χ3n) is 7.00. The highest BCUT2D eigenvalue weighted by atomic mass is 16.5. The first-order chi connectivity index (χ1) is 14.7. The quantitative estimate of drug-likeness (QED) is 0.348. The number of hydrogen-bond acceptors (Lipinski definition) is 5. The average molecular weight is 425 g/mol. The number of likely N-dealkylation sites (tertiary alicyclic amines) is 1. The Balaban J connectivity index is 1.46. The minimum absolute atomic E-state index is 0.369. The van der Waals surface area contributed by atoms with Crippen LogP contribution in [0.4, 0.5) is 0 Å². The van der Waals surface area contributed by atoms with Crippen molar-refractivity contribution in [2.75, 3.05) is 79.9 Å². The number of rotatable bonds is 9. The van der Waals surface area contributed by atoms with E-state index in [4.69, 9.17) is 14.2 Å². The molecule has 1 saturated carbocycles. The fourth-order valence-electron chi connectivity index (χ4n) is 5.21. The predicted octanol–water partition coefficient (Wildman–Crippen LogP) is 2.36. The lowest BCUT2D eigenvalue weighted by molar-refractivity contribution is 0.00620. The molecule has 3 fully saturated rings. The highest BCUT2D eigenvalue weighted by Gasteiger charge is 2.35. The second kappa shape index (κ2) is 12.8. The number of morpholine rings is 1. The Morgan fingerprint density at radius 2 is 1.80 bits per heavy atom. The molecule has 30 heavy (non-hydrogen) atoms. The molecule has 7 heteroatoms. The monoisotopic (exact) mass is 424 g/mol. The number of ether oxygens (including phenoxy) is 3. The van der Waals surface area contributed by atoms with E-state index in [0.29, 0.717) is 11.5 Å². The zero-order chi connectivity index (χ0) is 21.1. The largest absolute Gasteiger partial charge is 0.385 e. The molecule has 7 nitrogen and oxygen atoms in total. The molecule has 0 radical (unpaired) electrons. The fourth-order valence-corrected chi connectivity index (χ4v) is 5.21. The second-order valence-corrected chi connectivity index (χ2v) is 9.25. The highest BCUT2D eigenvalue weighted by molar-refractivity contribution is 5.80. The van der Waals surface area contributed by atoms with Crippen LogP contribution in [0.1, 0.15) is 51.4 Å². The van der Waals surface area contributed by atoms with Gasteiger partial charge in [-0.3, -0.25) is 9.89 Å². The van der Waals surface area contributed by atoms with Crippen LogP contribution in [0.25, 0.3) is 0 Å². The molecule has 2 heterocycles. The van der Waals surface area contributed by atoms with Crippen molar-refractivity contribution in [3.8, 4) is 0 Å². The van der Waals surface area contributed by atoms with Gasteiger partial charge in [-0.15, -0.1) is 0 Å². The third-order valence-corrected chi connectivity index (χ3v) is 7.00. The Kier molecular flexibility index (Phi) is 10.2. The minimum Gasteiger partial charge on any atom is -0.385 e. The van der Waals surface area contributed by atoms with Crippen molar-refractivity contribution in [3.63, 3.8) is 0 Å². The van der Waals surface area contributed by atoms with Crippen LogP contribution in [0.5, 0.6) is 0 Å². The van der Waals surface area contributed by atoms with Crippen LogP contribution in [0.15, 0.2) is 4.99 Å². The Hall–Kier alpha value is -0.890. The zero-order valence-corrected chi connectivity index (χ0v) is 19.4. The number of hydrogen-bond donors (Lipinski definition) is 1. The predicted molar refractivity (Wildman–Crippen MR) is 121 cm³/mol. The van der Waals surface area contributed by atoms with Gasteiger partial charge < -0.3 is 24.4 Å². The van der Waals surface area contributed by atoms with Crippen molar-refractivity contribution < 1.29 is 14.2 Å². The van der Waals surface area contributed by atoms with Crippen LogP contribution < -0.4 is 5.32 Å². The summed E-state index contributed by atoms with van der Waals surface area (Å²) >= 11 is 0. The molecule has 1 aliphatic carbocycles. The van der Waals surface area contributed by atoms with Gasteiger partial charge in [0.25, 0.3) is 0 Å². The van der Waals surface area contributed by atoms with E-state index >= 15 is 0 Å². The Morgan fingerprint density at radius 1 is 1.07 bits per heavy atom. The molecule has 0 bridgehead atoms. The smallest absolute Gasteiger partial charge is 0.193 e. The van der Waals surface area contributed by atoms with Gasteiger partial charge in [0.2, 0.25) is 0 Å². The molecule has 174 valence electrons. The molecular formula is C23H44N4O3. The number of nitrogens with one attached hydrogen (secondary N) is 1. The molecule has 3 aliphatic rings. The van der Waals surface area contributed by atoms with Crippen molar-refractivity contribution in [1.82, 2.24) is 15.1 Å². The van der Waals surface area contributed by atoms with Crippen molar-refractivity contribution in [1.29, 1.82) is 0 Å². The van der Waals surface area contributed by atoms with Crippen LogP contribution in [-0.4, -0.2) is 102 Å². The van der Waals surface area contributed by atoms with E-state index in [1.54, 1.807) is 7.11 Å². The minimum atomic E-state index is 0.369. The topological polar surface area (TPSA) is 58.6 Å². The van der Waals surface area contributed by atoms with Crippen LogP contribution >= 0.6 is 0 Å². The molecule has 3 rings (SSSR count). The summed E-state index contributed by atoms with van der Waals surface area (Å²) in [4.78, 5) is 9.66. The summed E-state index contributed by atoms with van der Waals surface area (Å²) in [6, 6.07) is 0. The van der Waals surface area contributed by atoms with E-state index in [9.17, 15) is 0 Å². The molecule has 0 amide bonds. The van der Waals surface area contributed by atoms with Crippen molar-refractivity contribution in [2.24, 2.45) is 10.4 Å². The number of piperidine rings is 1. The van der Waals surface area contributed by atoms with Crippen LogP contribution in [-0.2, 0) is 14.2 Å². The van der Waals surface area contributed by atoms with Gasteiger partial charge >= 0.3 is 0 Å². The second-order valence-electron chi connectivity index (χ2n) is 9.25. The maximum absolute atomic E-state index is 6.02. The summed E-state index contributed by atoms with van der Waals surface area (Å²) in [5.74, 6) is 1.07. The first kappa shape index (κ1) is 23.8. The molecule has 0 spiro atoms. The van der Waals surface area contributed by atoms with Crippen LogP contribution in [0.2, 0.25) is 0 Å². The molecule has 0 unspecified atom stereocenters. The summed E-state index contributed by atoms with van der Waals surface area (Å²) in [7, 11) is 3.67. The maximum Gasteiger partial charge on any atom is 0.193 e. The van der Waals surface area contributed by atoms with Crippen molar-refractivity contribution >= 4 is 5.96 Å². The molecule has 2 aliphatic heterocycles. The zero-order valence-electron chi connectivity index (χ0n) is 19.4. The fraction of sp³-hybridized carbons (Fsp3) is 0.957. The molecule has 1 N–H and O–H groups in total. The molecule has 0 aromatic rings. The van der Waals surface area contributed by atoms with Gasteiger partial charge in [0, 0.05) is 72.1 Å². The van der Waals surface area contributed by atoms with Gasteiger partial charge in [0.1, 0.15) is 0 Å². The van der Waals surface area contributed by atoms with Gasteiger partial charge in [-0.2, -0.15) is 0 Å². The van der Waals surface area contributed by atoms with E-state index in [-0.39, 0.29) is 0 Å². The lowest BCUT2D eigenvalue weighted by Crippen LogP contribution is -2.53. The SMILES string of the molecule is CN=C(NCC1(CN2CCOCC2)CCCCC1)N1CCC(OCCCOC)CC1. The molecule has 0 atom stereocenters. The first-order valence-corrected chi connectivity index (χ1v) is 12.1. The summed E-state index contributed by atoms with van der Waals surface area (Å²) in [6.07, 6.45) is 10.3. The Labute approximate surface area is 183 Å². The third kappa shape index (κ3) is 7.36. The van der Waals surface area contributed by atoms with Gasteiger partial charge in [0.15, 0.2) is 5.96 Å².